The Morgan fingerprint density at radius 1 is 0.967 bits per heavy atom. The van der Waals surface area contributed by atoms with Gasteiger partial charge in [0.15, 0.2) is 5.76 Å². The van der Waals surface area contributed by atoms with E-state index in [4.69, 9.17) is 26.0 Å². The van der Waals surface area contributed by atoms with Gasteiger partial charge in [-0.2, -0.15) is 5.26 Å². The fourth-order valence-corrected chi connectivity index (χ4v) is 3.03. The van der Waals surface area contributed by atoms with Gasteiger partial charge >= 0.3 is 0 Å². The molecule has 30 heavy (non-hydrogen) atoms. The number of hydrogen-bond acceptors (Lipinski definition) is 7. The molecule has 0 aliphatic carbocycles. The predicted molar refractivity (Wildman–Crippen MR) is 113 cm³/mol. The first kappa shape index (κ1) is 19.0. The van der Waals surface area contributed by atoms with Gasteiger partial charge in [0.1, 0.15) is 24.0 Å². The van der Waals surface area contributed by atoms with Crippen molar-refractivity contribution < 1.29 is 9.26 Å². The summed E-state index contributed by atoms with van der Waals surface area (Å²) in [6.07, 6.45) is 0.607. The number of nitrogen functional groups attached to an aromatic ring is 2. The Morgan fingerprint density at radius 3 is 2.57 bits per heavy atom. The van der Waals surface area contributed by atoms with Crippen LogP contribution in [-0.2, 0) is 13.0 Å². The van der Waals surface area contributed by atoms with Gasteiger partial charge in [-0.05, 0) is 47.5 Å². The van der Waals surface area contributed by atoms with Crippen molar-refractivity contribution in [1.29, 1.82) is 5.26 Å². The number of nitrogens with two attached hydrogens (primary N) is 2. The highest BCUT2D eigenvalue weighted by atomic mass is 16.5. The summed E-state index contributed by atoms with van der Waals surface area (Å²) in [5.41, 5.74) is 15.6. The predicted octanol–water partition coefficient (Wildman–Crippen LogP) is 3.94. The molecule has 7 heteroatoms. The van der Waals surface area contributed by atoms with Crippen molar-refractivity contribution >= 4 is 11.6 Å². The number of hydrogen-bond donors (Lipinski definition) is 2. The second kappa shape index (κ2) is 8.37. The van der Waals surface area contributed by atoms with Crippen LogP contribution in [0.1, 0.15) is 22.4 Å². The zero-order valence-corrected chi connectivity index (χ0v) is 16.1. The lowest BCUT2D eigenvalue weighted by atomic mass is 10.1. The van der Waals surface area contributed by atoms with Crippen molar-refractivity contribution in [2.45, 2.75) is 13.0 Å². The van der Waals surface area contributed by atoms with Gasteiger partial charge in [0.2, 0.25) is 0 Å². The molecule has 0 bridgehead atoms. The molecule has 2 aromatic carbocycles. The Labute approximate surface area is 173 Å². The SMILES string of the molecule is N#Cc1cccc(COc2ccc(Cc3cc(-c4ccc(N)nc4N)on3)cc2)c1. The van der Waals surface area contributed by atoms with Crippen molar-refractivity contribution in [1.82, 2.24) is 10.1 Å². The molecule has 0 unspecified atom stereocenters. The van der Waals surface area contributed by atoms with Gasteiger partial charge in [-0.1, -0.05) is 29.4 Å². The number of benzene rings is 2. The molecule has 0 atom stereocenters. The van der Waals surface area contributed by atoms with Crippen molar-refractivity contribution in [2.24, 2.45) is 0 Å². The van der Waals surface area contributed by atoms with Gasteiger partial charge in [0.05, 0.1) is 22.9 Å². The van der Waals surface area contributed by atoms with Gasteiger partial charge < -0.3 is 20.7 Å². The second-order valence-electron chi connectivity index (χ2n) is 6.77. The first-order valence-electron chi connectivity index (χ1n) is 9.29. The third-order valence-corrected chi connectivity index (χ3v) is 4.54. The molecule has 0 radical (unpaired) electrons. The Kier molecular flexibility index (Phi) is 5.31. The van der Waals surface area contributed by atoms with E-state index in [1.54, 1.807) is 18.2 Å². The highest BCUT2D eigenvalue weighted by molar-refractivity contribution is 5.71. The summed E-state index contributed by atoms with van der Waals surface area (Å²) >= 11 is 0. The van der Waals surface area contributed by atoms with Crippen LogP contribution in [0.15, 0.2) is 71.3 Å². The van der Waals surface area contributed by atoms with Crippen LogP contribution >= 0.6 is 0 Å². The third-order valence-electron chi connectivity index (χ3n) is 4.54. The molecule has 0 spiro atoms. The van der Waals surface area contributed by atoms with Gasteiger partial charge in [0.25, 0.3) is 0 Å². The maximum atomic E-state index is 8.97. The molecular formula is C23H19N5O2. The van der Waals surface area contributed by atoms with Crippen molar-refractivity contribution in [3.8, 4) is 23.1 Å². The van der Waals surface area contributed by atoms with Crippen LogP contribution in [0.5, 0.6) is 5.75 Å². The lowest BCUT2D eigenvalue weighted by molar-refractivity contribution is 0.306. The molecule has 0 saturated carbocycles. The fraction of sp³-hybridized carbons (Fsp3) is 0.0870. The quantitative estimate of drug-likeness (QED) is 0.505. The zero-order valence-electron chi connectivity index (χ0n) is 16.1. The zero-order chi connectivity index (χ0) is 20.9. The molecule has 0 amide bonds. The van der Waals surface area contributed by atoms with E-state index in [-0.39, 0.29) is 0 Å². The molecule has 0 fully saturated rings. The van der Waals surface area contributed by atoms with Crippen molar-refractivity contribution in [3.05, 3.63) is 89.1 Å². The van der Waals surface area contributed by atoms with E-state index in [1.165, 1.54) is 0 Å². The normalized spacial score (nSPS) is 10.5. The molecule has 0 aliphatic heterocycles. The summed E-state index contributed by atoms with van der Waals surface area (Å²) in [5.74, 6) is 1.97. The second-order valence-corrected chi connectivity index (χ2v) is 6.77. The van der Waals surface area contributed by atoms with Crippen LogP contribution in [0, 0.1) is 11.3 Å². The number of nitrogens with zero attached hydrogens (tertiary/aromatic N) is 3. The number of rotatable bonds is 6. The first-order chi connectivity index (χ1) is 14.6. The van der Waals surface area contributed by atoms with E-state index in [2.05, 4.69) is 16.2 Å². The standard InChI is InChI=1S/C23H19N5O2/c24-13-16-2-1-3-17(10-16)14-29-19-6-4-15(5-7-19)11-18-12-21(30-28-18)20-8-9-22(25)27-23(20)26/h1-10,12H,11,14H2,(H4,25,26,27). The Hall–Kier alpha value is -4.31. The Bertz CT molecular complexity index is 1210. The topological polar surface area (TPSA) is 124 Å². The monoisotopic (exact) mass is 397 g/mol. The summed E-state index contributed by atoms with van der Waals surface area (Å²) in [6.45, 7) is 0.401. The van der Waals surface area contributed by atoms with Crippen molar-refractivity contribution in [3.63, 3.8) is 0 Å². The van der Waals surface area contributed by atoms with Gasteiger partial charge in [-0.3, -0.25) is 0 Å². The van der Waals surface area contributed by atoms with E-state index in [0.717, 1.165) is 22.6 Å². The number of anilines is 2. The molecule has 2 heterocycles. The highest BCUT2D eigenvalue weighted by Crippen LogP contribution is 2.27. The molecule has 2 aromatic heterocycles. The minimum atomic E-state index is 0.305. The minimum Gasteiger partial charge on any atom is -0.489 e. The fourth-order valence-electron chi connectivity index (χ4n) is 3.03. The average molecular weight is 397 g/mol. The summed E-state index contributed by atoms with van der Waals surface area (Å²) < 4.78 is 11.2. The molecule has 4 aromatic rings. The average Bonchev–Trinajstić information content (AvgIpc) is 3.21. The van der Waals surface area contributed by atoms with E-state index in [9.17, 15) is 0 Å². The number of pyridine rings is 1. The maximum absolute atomic E-state index is 8.97. The van der Waals surface area contributed by atoms with Crippen molar-refractivity contribution in [2.75, 3.05) is 11.5 Å². The number of aromatic nitrogens is 2. The molecule has 148 valence electrons. The first-order valence-corrected chi connectivity index (χ1v) is 9.29. The Balaban J connectivity index is 1.39. The van der Waals surface area contributed by atoms with Crippen LogP contribution in [0.2, 0.25) is 0 Å². The van der Waals surface area contributed by atoms with Crippen LogP contribution in [-0.4, -0.2) is 10.1 Å². The van der Waals surface area contributed by atoms with E-state index >= 15 is 0 Å². The van der Waals surface area contributed by atoms with Crippen LogP contribution in [0.3, 0.4) is 0 Å². The van der Waals surface area contributed by atoms with Gasteiger partial charge in [-0.25, -0.2) is 4.98 Å². The summed E-state index contributed by atoms with van der Waals surface area (Å²) in [4.78, 5) is 4.04. The molecule has 0 aliphatic rings. The highest BCUT2D eigenvalue weighted by Gasteiger charge is 2.11. The Morgan fingerprint density at radius 2 is 1.80 bits per heavy atom. The van der Waals surface area contributed by atoms with Crippen LogP contribution in [0.25, 0.3) is 11.3 Å². The maximum Gasteiger partial charge on any atom is 0.170 e. The van der Waals surface area contributed by atoms with Gasteiger partial charge in [-0.15, -0.1) is 0 Å². The summed E-state index contributed by atoms with van der Waals surface area (Å²) in [5, 5.41) is 13.1. The van der Waals surface area contributed by atoms with E-state index in [0.29, 0.717) is 41.6 Å². The summed E-state index contributed by atoms with van der Waals surface area (Å²) in [7, 11) is 0. The minimum absolute atomic E-state index is 0.305. The largest absolute Gasteiger partial charge is 0.489 e. The number of ether oxygens (including phenoxy) is 1. The molecular weight excluding hydrogens is 378 g/mol. The molecule has 7 nitrogen and oxygen atoms in total. The molecule has 0 saturated heterocycles. The molecule has 4 N–H and O–H groups in total. The lowest BCUT2D eigenvalue weighted by Gasteiger charge is -2.07. The number of nitriles is 1. The summed E-state index contributed by atoms with van der Waals surface area (Å²) in [6, 6.07) is 22.6. The van der Waals surface area contributed by atoms with Crippen LogP contribution in [0.4, 0.5) is 11.6 Å². The molecule has 4 rings (SSSR count). The smallest absolute Gasteiger partial charge is 0.170 e. The van der Waals surface area contributed by atoms with Crippen LogP contribution < -0.4 is 16.2 Å². The lowest BCUT2D eigenvalue weighted by Crippen LogP contribution is -1.97. The third kappa shape index (κ3) is 4.39. The van der Waals surface area contributed by atoms with E-state index < -0.39 is 0 Å². The van der Waals surface area contributed by atoms with Gasteiger partial charge in [0, 0.05) is 12.5 Å². The van der Waals surface area contributed by atoms with E-state index in [1.807, 2.05) is 48.5 Å².